The largest absolute Gasteiger partial charge is 0.265 e. The van der Waals surface area contributed by atoms with Gasteiger partial charge in [-0.2, -0.15) is 0 Å². The zero-order chi connectivity index (χ0) is 31.5. The number of aromatic nitrogens is 5. The van der Waals surface area contributed by atoms with Crippen LogP contribution in [0, 0.1) is 0 Å². The van der Waals surface area contributed by atoms with Gasteiger partial charge in [-0.25, -0.2) is 9.97 Å². The lowest BCUT2D eigenvalue weighted by Gasteiger charge is -2.21. The Morgan fingerprint density at radius 2 is 0.957 bits per heavy atom. The molecule has 1 aliphatic carbocycles. The Labute approximate surface area is 272 Å². The fourth-order valence-corrected chi connectivity index (χ4v) is 6.91. The minimum atomic E-state index is -0.0619. The highest BCUT2D eigenvalue weighted by atomic mass is 14.8. The van der Waals surface area contributed by atoms with Crippen molar-refractivity contribution in [1.29, 1.82) is 0 Å². The number of hydrogen-bond donors (Lipinski definition) is 0. The van der Waals surface area contributed by atoms with Crippen LogP contribution < -0.4 is 0 Å². The first-order chi connectivity index (χ1) is 23.0. The predicted octanol–water partition coefficient (Wildman–Crippen LogP) is 9.94. The Balaban J connectivity index is 1.06. The summed E-state index contributed by atoms with van der Waals surface area (Å²) in [6.07, 6.45) is 7.14. The van der Waals surface area contributed by atoms with E-state index < -0.39 is 0 Å². The van der Waals surface area contributed by atoms with E-state index in [0.717, 1.165) is 66.8 Å². The zero-order valence-electron chi connectivity index (χ0n) is 26.0. The van der Waals surface area contributed by atoms with Crippen LogP contribution in [0.1, 0.15) is 25.0 Å². The second kappa shape index (κ2) is 10.5. The molecule has 5 nitrogen and oxygen atoms in total. The van der Waals surface area contributed by atoms with E-state index in [4.69, 9.17) is 9.97 Å². The monoisotopic (exact) mass is 603 g/mol. The quantitative estimate of drug-likeness (QED) is 0.187. The van der Waals surface area contributed by atoms with E-state index in [-0.39, 0.29) is 5.41 Å². The highest BCUT2D eigenvalue weighted by molar-refractivity contribution is 6.04. The number of fused-ring (bicyclic) bond motifs is 6. The van der Waals surface area contributed by atoms with Crippen LogP contribution in [0.15, 0.2) is 140 Å². The van der Waals surface area contributed by atoms with Crippen LogP contribution in [-0.4, -0.2) is 24.9 Å². The number of pyridine rings is 3. The molecule has 1 aliphatic rings. The van der Waals surface area contributed by atoms with E-state index in [1.54, 1.807) is 18.6 Å². The van der Waals surface area contributed by atoms with Crippen molar-refractivity contribution in [1.82, 2.24) is 24.9 Å². The van der Waals surface area contributed by atoms with Gasteiger partial charge in [-0.1, -0.05) is 98.8 Å². The third kappa shape index (κ3) is 4.50. The van der Waals surface area contributed by atoms with E-state index in [1.807, 2.05) is 18.3 Å². The normalized spacial score (nSPS) is 13.1. The van der Waals surface area contributed by atoms with Gasteiger partial charge in [0, 0.05) is 50.8 Å². The molecule has 9 rings (SSSR count). The molecule has 0 saturated carbocycles. The summed E-state index contributed by atoms with van der Waals surface area (Å²) in [5.41, 5.74) is 14.7. The lowest BCUT2D eigenvalue weighted by Crippen LogP contribution is -2.14. The zero-order valence-corrected chi connectivity index (χ0v) is 26.0. The van der Waals surface area contributed by atoms with Crippen molar-refractivity contribution in [3.63, 3.8) is 0 Å². The van der Waals surface area contributed by atoms with E-state index in [9.17, 15) is 0 Å². The first-order valence-corrected chi connectivity index (χ1v) is 15.8. The molecule has 0 atom stereocenters. The second-order valence-electron chi connectivity index (χ2n) is 12.6. The molecule has 0 bridgehead atoms. The third-order valence-electron chi connectivity index (χ3n) is 9.50. The van der Waals surface area contributed by atoms with Gasteiger partial charge < -0.3 is 0 Å². The van der Waals surface area contributed by atoms with Crippen molar-refractivity contribution in [2.45, 2.75) is 19.3 Å². The fourth-order valence-electron chi connectivity index (χ4n) is 6.91. The van der Waals surface area contributed by atoms with Gasteiger partial charge in [0.2, 0.25) is 0 Å². The van der Waals surface area contributed by atoms with Gasteiger partial charge >= 0.3 is 0 Å². The highest BCUT2D eigenvalue weighted by Gasteiger charge is 2.35. The molecule has 0 fully saturated rings. The SMILES string of the molecule is CC1(C)c2ccccc2-c2ccc(-c3ccc4ccc5ccc(-c6ccc(-c7cnc(-c8ccncc8)cn7)cc6)nc5c4n3)cc21. The smallest absolute Gasteiger partial charge is 0.0972 e. The van der Waals surface area contributed by atoms with Crippen molar-refractivity contribution in [3.05, 3.63) is 151 Å². The van der Waals surface area contributed by atoms with Crippen molar-refractivity contribution < 1.29 is 0 Å². The number of hydrogen-bond acceptors (Lipinski definition) is 5. The molecule has 4 aromatic carbocycles. The maximum absolute atomic E-state index is 5.23. The van der Waals surface area contributed by atoms with E-state index in [0.29, 0.717) is 0 Å². The van der Waals surface area contributed by atoms with Crippen LogP contribution in [0.25, 0.3) is 78.0 Å². The molecule has 0 amide bonds. The highest BCUT2D eigenvalue weighted by Crippen LogP contribution is 2.49. The van der Waals surface area contributed by atoms with Crippen molar-refractivity contribution in [3.8, 4) is 56.2 Å². The first kappa shape index (κ1) is 27.3. The fraction of sp³-hybridized carbons (Fsp3) is 0.0714. The molecule has 4 heterocycles. The number of benzene rings is 4. The van der Waals surface area contributed by atoms with E-state index in [2.05, 4.69) is 132 Å². The van der Waals surface area contributed by atoms with Crippen LogP contribution >= 0.6 is 0 Å². The number of rotatable bonds is 4. The summed E-state index contributed by atoms with van der Waals surface area (Å²) >= 11 is 0. The summed E-state index contributed by atoms with van der Waals surface area (Å²) in [6, 6.07) is 40.5. The minimum Gasteiger partial charge on any atom is -0.265 e. The maximum Gasteiger partial charge on any atom is 0.0972 e. The second-order valence-corrected chi connectivity index (χ2v) is 12.6. The van der Waals surface area contributed by atoms with Crippen molar-refractivity contribution >= 4 is 21.8 Å². The molecule has 0 spiro atoms. The summed E-state index contributed by atoms with van der Waals surface area (Å²) in [4.78, 5) is 23.8. The van der Waals surface area contributed by atoms with Gasteiger partial charge in [-0.05, 0) is 52.6 Å². The first-order valence-electron chi connectivity index (χ1n) is 15.8. The Hall–Kier alpha value is -6.07. The van der Waals surface area contributed by atoms with Crippen LogP contribution in [0.3, 0.4) is 0 Å². The molecular formula is C42H29N5. The molecule has 8 aromatic rings. The van der Waals surface area contributed by atoms with Gasteiger partial charge in [0.15, 0.2) is 0 Å². The Bertz CT molecular complexity index is 2470. The molecular weight excluding hydrogens is 574 g/mol. The maximum atomic E-state index is 5.23. The summed E-state index contributed by atoms with van der Waals surface area (Å²) in [7, 11) is 0. The predicted molar refractivity (Wildman–Crippen MR) is 190 cm³/mol. The molecule has 5 heteroatoms. The Morgan fingerprint density at radius 1 is 0.447 bits per heavy atom. The molecule has 47 heavy (non-hydrogen) atoms. The van der Waals surface area contributed by atoms with Gasteiger partial charge in [-0.15, -0.1) is 0 Å². The van der Waals surface area contributed by atoms with Gasteiger partial charge in [-0.3, -0.25) is 15.0 Å². The lowest BCUT2D eigenvalue weighted by molar-refractivity contribution is 0.660. The molecule has 222 valence electrons. The standard InChI is InChI=1S/C42H29N5/c1-42(2)34-6-4-3-5-32(34)33-16-13-31(23-35(33)42)37-18-15-30-12-11-29-14-17-36(46-40(29)41(30)47-37)26-7-9-27(10-8-26)38-24-45-39(25-44-38)28-19-21-43-22-20-28/h3-25H,1-2H3. The average molecular weight is 604 g/mol. The lowest BCUT2D eigenvalue weighted by atomic mass is 9.82. The van der Waals surface area contributed by atoms with Crippen LogP contribution in [0.4, 0.5) is 0 Å². The summed E-state index contributed by atoms with van der Waals surface area (Å²) < 4.78 is 0. The topological polar surface area (TPSA) is 64.5 Å². The third-order valence-corrected chi connectivity index (χ3v) is 9.50. The average Bonchev–Trinajstić information content (AvgIpc) is 3.37. The Kier molecular flexibility index (Phi) is 6.09. The molecule has 0 unspecified atom stereocenters. The molecule has 4 aromatic heterocycles. The Morgan fingerprint density at radius 3 is 1.60 bits per heavy atom. The minimum absolute atomic E-state index is 0.0619. The van der Waals surface area contributed by atoms with Crippen LogP contribution in [0.5, 0.6) is 0 Å². The van der Waals surface area contributed by atoms with E-state index in [1.165, 1.54) is 22.3 Å². The van der Waals surface area contributed by atoms with Crippen LogP contribution in [0.2, 0.25) is 0 Å². The molecule has 0 N–H and O–H groups in total. The van der Waals surface area contributed by atoms with Gasteiger partial charge in [0.1, 0.15) is 0 Å². The number of nitrogens with zero attached hydrogens (tertiary/aromatic N) is 5. The summed E-state index contributed by atoms with van der Waals surface area (Å²) in [5, 5.41) is 2.14. The van der Waals surface area contributed by atoms with Crippen LogP contribution in [-0.2, 0) is 5.41 Å². The molecule has 0 saturated heterocycles. The van der Waals surface area contributed by atoms with Gasteiger partial charge in [0.05, 0.1) is 46.2 Å². The van der Waals surface area contributed by atoms with Crippen molar-refractivity contribution in [2.75, 3.05) is 0 Å². The van der Waals surface area contributed by atoms with Crippen molar-refractivity contribution in [2.24, 2.45) is 0 Å². The van der Waals surface area contributed by atoms with Gasteiger partial charge in [0.25, 0.3) is 0 Å². The molecule has 0 radical (unpaired) electrons. The summed E-state index contributed by atoms with van der Waals surface area (Å²) in [5.74, 6) is 0. The molecule has 0 aliphatic heterocycles. The summed E-state index contributed by atoms with van der Waals surface area (Å²) in [6.45, 7) is 4.63. The van der Waals surface area contributed by atoms with E-state index >= 15 is 0 Å².